The average Bonchev–Trinajstić information content (AvgIpc) is 3.28. The van der Waals surface area contributed by atoms with Crippen LogP contribution in [0.5, 0.6) is 0 Å². The highest BCUT2D eigenvalue weighted by molar-refractivity contribution is 9.10. The molecule has 1 atom stereocenters. The van der Waals surface area contributed by atoms with Crippen molar-refractivity contribution in [3.05, 3.63) is 28.2 Å². The summed E-state index contributed by atoms with van der Waals surface area (Å²) < 4.78 is 27.8. The van der Waals surface area contributed by atoms with Gasteiger partial charge in [-0.25, -0.2) is 13.1 Å². The van der Waals surface area contributed by atoms with Crippen molar-refractivity contribution in [1.82, 2.24) is 10.0 Å². The number of sulfonamides is 1. The lowest BCUT2D eigenvalue weighted by molar-refractivity contribution is 0.0936. The molecule has 1 fully saturated rings. The van der Waals surface area contributed by atoms with Crippen molar-refractivity contribution in [3.63, 3.8) is 0 Å². The van der Waals surface area contributed by atoms with Gasteiger partial charge in [0.1, 0.15) is 0 Å². The van der Waals surface area contributed by atoms with Gasteiger partial charge in [0.25, 0.3) is 5.91 Å². The fourth-order valence-electron chi connectivity index (χ4n) is 2.29. The van der Waals surface area contributed by atoms with Gasteiger partial charge in [0.05, 0.1) is 10.5 Å². The summed E-state index contributed by atoms with van der Waals surface area (Å²) in [5.74, 6) is 0.319. The van der Waals surface area contributed by atoms with Gasteiger partial charge in [0.2, 0.25) is 10.0 Å². The summed E-state index contributed by atoms with van der Waals surface area (Å²) in [4.78, 5) is 12.6. The molecule has 0 bridgehead atoms. The third-order valence-corrected chi connectivity index (χ3v) is 6.16. The predicted octanol–water partition coefficient (Wildman–Crippen LogP) is 3.44. The van der Waals surface area contributed by atoms with Gasteiger partial charge in [-0.1, -0.05) is 13.8 Å². The molecule has 0 radical (unpaired) electrons. The molecular weight excluding hydrogens is 392 g/mol. The summed E-state index contributed by atoms with van der Waals surface area (Å²) in [7, 11) is -3.57. The van der Waals surface area contributed by atoms with Crippen molar-refractivity contribution in [3.8, 4) is 0 Å². The fraction of sp³-hybridized carbons (Fsp3) is 0.588. The van der Waals surface area contributed by atoms with Crippen molar-refractivity contribution in [2.45, 2.75) is 63.4 Å². The van der Waals surface area contributed by atoms with Gasteiger partial charge < -0.3 is 5.32 Å². The summed E-state index contributed by atoms with van der Waals surface area (Å²) in [6.45, 7) is 6.25. The standard InChI is InChI=1S/C17H25BrN2O3S/c1-11(2)4-5-12(3)19-17(21)15-10-14(8-9-16(15)18)24(22,23)20-13-6-7-13/h8-13,20H,4-7H2,1-3H3,(H,19,21). The van der Waals surface area contributed by atoms with E-state index >= 15 is 0 Å². The molecule has 1 aromatic rings. The van der Waals surface area contributed by atoms with Crippen molar-refractivity contribution >= 4 is 31.9 Å². The van der Waals surface area contributed by atoms with Crippen LogP contribution in [0.2, 0.25) is 0 Å². The average molecular weight is 417 g/mol. The van der Waals surface area contributed by atoms with Crippen LogP contribution in [0.25, 0.3) is 0 Å². The number of halogens is 1. The largest absolute Gasteiger partial charge is 0.350 e. The molecular formula is C17H25BrN2O3S. The van der Waals surface area contributed by atoms with Crippen LogP contribution in [0.3, 0.4) is 0 Å². The lowest BCUT2D eigenvalue weighted by atomic mass is 10.0. The molecule has 1 aliphatic carbocycles. The first-order valence-corrected chi connectivity index (χ1v) is 10.6. The maximum absolute atomic E-state index is 12.5. The minimum absolute atomic E-state index is 0.0342. The Bertz CT molecular complexity index is 700. The van der Waals surface area contributed by atoms with Gasteiger partial charge in [-0.15, -0.1) is 0 Å². The van der Waals surface area contributed by atoms with Gasteiger partial charge in [-0.3, -0.25) is 4.79 Å². The van der Waals surface area contributed by atoms with Gasteiger partial charge in [0, 0.05) is 16.6 Å². The zero-order valence-corrected chi connectivity index (χ0v) is 16.7. The summed E-state index contributed by atoms with van der Waals surface area (Å²) >= 11 is 3.34. The molecule has 1 aromatic carbocycles. The number of hydrogen-bond donors (Lipinski definition) is 2. The number of nitrogens with one attached hydrogen (secondary N) is 2. The Labute approximate surface area is 152 Å². The molecule has 7 heteroatoms. The van der Waals surface area contributed by atoms with Crippen LogP contribution in [0.4, 0.5) is 0 Å². The number of carbonyl (C=O) groups is 1. The van der Waals surface area contributed by atoms with E-state index in [1.165, 1.54) is 12.1 Å². The zero-order valence-electron chi connectivity index (χ0n) is 14.3. The Morgan fingerprint density at radius 2 is 1.92 bits per heavy atom. The van der Waals surface area contributed by atoms with E-state index in [-0.39, 0.29) is 22.9 Å². The monoisotopic (exact) mass is 416 g/mol. The molecule has 0 aromatic heterocycles. The van der Waals surface area contributed by atoms with Gasteiger partial charge in [0.15, 0.2) is 0 Å². The highest BCUT2D eigenvalue weighted by Gasteiger charge is 2.28. The van der Waals surface area contributed by atoms with Crippen LogP contribution >= 0.6 is 15.9 Å². The highest BCUT2D eigenvalue weighted by atomic mass is 79.9. The second-order valence-electron chi connectivity index (χ2n) is 6.88. The third-order valence-electron chi connectivity index (χ3n) is 3.95. The van der Waals surface area contributed by atoms with E-state index in [4.69, 9.17) is 0 Å². The molecule has 134 valence electrons. The lowest BCUT2D eigenvalue weighted by Gasteiger charge is -2.16. The van der Waals surface area contributed by atoms with Gasteiger partial charge >= 0.3 is 0 Å². The van der Waals surface area contributed by atoms with Crippen molar-refractivity contribution in [1.29, 1.82) is 0 Å². The van der Waals surface area contributed by atoms with E-state index in [1.807, 2.05) is 6.92 Å². The normalized spacial score (nSPS) is 16.2. The maximum atomic E-state index is 12.5. The molecule has 2 rings (SSSR count). The van der Waals surface area contributed by atoms with E-state index < -0.39 is 10.0 Å². The smallest absolute Gasteiger partial charge is 0.252 e. The SMILES string of the molecule is CC(C)CCC(C)NC(=O)c1cc(S(=O)(=O)NC2CC2)ccc1Br. The Morgan fingerprint density at radius 3 is 2.50 bits per heavy atom. The van der Waals surface area contributed by atoms with Crippen LogP contribution < -0.4 is 10.0 Å². The molecule has 1 unspecified atom stereocenters. The van der Waals surface area contributed by atoms with Crippen LogP contribution in [-0.4, -0.2) is 26.4 Å². The van der Waals surface area contributed by atoms with E-state index in [0.717, 1.165) is 25.7 Å². The predicted molar refractivity (Wildman–Crippen MR) is 98.5 cm³/mol. The summed E-state index contributed by atoms with van der Waals surface area (Å²) in [5.41, 5.74) is 0.338. The van der Waals surface area contributed by atoms with Crippen molar-refractivity contribution in [2.75, 3.05) is 0 Å². The van der Waals surface area contributed by atoms with Crippen LogP contribution in [0.15, 0.2) is 27.6 Å². The topological polar surface area (TPSA) is 75.3 Å². The first-order valence-electron chi connectivity index (χ1n) is 8.32. The van der Waals surface area contributed by atoms with Crippen molar-refractivity contribution in [2.24, 2.45) is 5.92 Å². The molecule has 1 saturated carbocycles. The van der Waals surface area contributed by atoms with Crippen LogP contribution in [0.1, 0.15) is 56.8 Å². The second kappa shape index (κ2) is 7.97. The van der Waals surface area contributed by atoms with Crippen LogP contribution in [0, 0.1) is 5.92 Å². The Balaban J connectivity index is 2.11. The molecule has 1 aliphatic rings. The molecule has 1 amide bonds. The van der Waals surface area contributed by atoms with Crippen molar-refractivity contribution < 1.29 is 13.2 Å². The molecule has 2 N–H and O–H groups in total. The zero-order chi connectivity index (χ0) is 17.9. The first-order chi connectivity index (χ1) is 11.2. The first kappa shape index (κ1) is 19.4. The number of carbonyl (C=O) groups excluding carboxylic acids is 1. The minimum Gasteiger partial charge on any atom is -0.350 e. The van der Waals surface area contributed by atoms with E-state index in [9.17, 15) is 13.2 Å². The second-order valence-corrected chi connectivity index (χ2v) is 9.45. The molecule has 24 heavy (non-hydrogen) atoms. The number of rotatable bonds is 8. The summed E-state index contributed by atoms with van der Waals surface area (Å²) in [5, 5.41) is 2.94. The van der Waals surface area contributed by atoms with Gasteiger partial charge in [-0.2, -0.15) is 0 Å². The highest BCUT2D eigenvalue weighted by Crippen LogP contribution is 2.25. The molecule has 0 heterocycles. The molecule has 0 spiro atoms. The van der Waals surface area contributed by atoms with E-state index in [1.54, 1.807) is 6.07 Å². The quantitative estimate of drug-likeness (QED) is 0.681. The fourth-order valence-corrected chi connectivity index (χ4v) is 4.05. The van der Waals surface area contributed by atoms with E-state index in [2.05, 4.69) is 39.8 Å². The van der Waals surface area contributed by atoms with E-state index in [0.29, 0.717) is 16.0 Å². The summed E-state index contributed by atoms with van der Waals surface area (Å²) in [6, 6.07) is 4.62. The lowest BCUT2D eigenvalue weighted by Crippen LogP contribution is -2.33. The third kappa shape index (κ3) is 5.57. The van der Waals surface area contributed by atoms with Gasteiger partial charge in [-0.05, 0) is 72.7 Å². The summed E-state index contributed by atoms with van der Waals surface area (Å²) in [6.07, 6.45) is 3.66. The molecule has 0 saturated heterocycles. The number of benzene rings is 1. The Hall–Kier alpha value is -0.920. The number of hydrogen-bond acceptors (Lipinski definition) is 3. The Morgan fingerprint density at radius 1 is 1.25 bits per heavy atom. The molecule has 5 nitrogen and oxygen atoms in total. The maximum Gasteiger partial charge on any atom is 0.252 e. The van der Waals surface area contributed by atoms with Crippen LogP contribution in [-0.2, 0) is 10.0 Å². The minimum atomic E-state index is -3.57. The number of amides is 1. The Kier molecular flexibility index (Phi) is 6.45. The molecule has 0 aliphatic heterocycles.